The minimum atomic E-state index is -0.727. The third-order valence-electron chi connectivity index (χ3n) is 9.92. The van der Waals surface area contributed by atoms with Crippen molar-refractivity contribution in [3.8, 4) is 0 Å². The highest BCUT2D eigenvalue weighted by Crippen LogP contribution is 2.31. The van der Waals surface area contributed by atoms with Gasteiger partial charge in [0.25, 0.3) is 0 Å². The van der Waals surface area contributed by atoms with Crippen molar-refractivity contribution in [3.63, 3.8) is 0 Å². The zero-order chi connectivity index (χ0) is 31.5. The Morgan fingerprint density at radius 1 is 1.02 bits per heavy atom. The van der Waals surface area contributed by atoms with E-state index in [4.69, 9.17) is 17.3 Å². The van der Waals surface area contributed by atoms with Crippen LogP contribution in [0.5, 0.6) is 0 Å². The number of halogens is 1. The number of hydrogen-bond acceptors (Lipinski definition) is 7. The first-order valence-electron chi connectivity index (χ1n) is 16.3. The zero-order valence-corrected chi connectivity index (χ0v) is 27.6. The molecule has 5 heterocycles. The number of anilines is 2. The summed E-state index contributed by atoms with van der Waals surface area (Å²) in [7, 11) is 0. The van der Waals surface area contributed by atoms with Crippen molar-refractivity contribution in [1.29, 1.82) is 0 Å². The van der Waals surface area contributed by atoms with E-state index in [1.165, 1.54) is 0 Å². The molecule has 0 spiro atoms. The number of piperidine rings is 2. The van der Waals surface area contributed by atoms with E-state index in [0.29, 0.717) is 68.7 Å². The van der Waals surface area contributed by atoms with Crippen molar-refractivity contribution in [3.05, 3.63) is 44.6 Å². The van der Waals surface area contributed by atoms with E-state index < -0.39 is 6.04 Å². The van der Waals surface area contributed by atoms with Gasteiger partial charge in [-0.25, -0.2) is 9.59 Å². The van der Waals surface area contributed by atoms with Gasteiger partial charge in [-0.05, 0) is 67.8 Å². The third kappa shape index (κ3) is 7.19. The molecule has 0 saturated carbocycles. The van der Waals surface area contributed by atoms with Crippen molar-refractivity contribution >= 4 is 52.3 Å². The predicted molar refractivity (Wildman–Crippen MR) is 179 cm³/mol. The van der Waals surface area contributed by atoms with Gasteiger partial charge < -0.3 is 36.4 Å². The summed E-state index contributed by atoms with van der Waals surface area (Å²) in [4.78, 5) is 48.5. The van der Waals surface area contributed by atoms with E-state index in [0.717, 1.165) is 67.8 Å². The van der Waals surface area contributed by atoms with E-state index in [1.807, 2.05) is 34.2 Å². The van der Waals surface area contributed by atoms with Gasteiger partial charge in [0.1, 0.15) is 6.04 Å². The van der Waals surface area contributed by atoms with Gasteiger partial charge >= 0.3 is 12.1 Å². The second-order valence-corrected chi connectivity index (χ2v) is 13.8. The molecule has 5 N–H and O–H groups in total. The Morgan fingerprint density at radius 3 is 2.47 bits per heavy atom. The highest BCUT2D eigenvalue weighted by Gasteiger charge is 2.35. The van der Waals surface area contributed by atoms with Gasteiger partial charge in [0.2, 0.25) is 5.91 Å². The number of nitrogens with zero attached hydrogens (tertiary/aromatic N) is 4. The number of nitrogens with two attached hydrogens (primary N) is 1. The Morgan fingerprint density at radius 2 is 1.76 bits per heavy atom. The lowest BCUT2D eigenvalue weighted by molar-refractivity contribution is -0.135. The molecule has 1 aromatic carbocycles. The van der Waals surface area contributed by atoms with Crippen LogP contribution in [0.25, 0.3) is 0 Å². The van der Waals surface area contributed by atoms with Crippen LogP contribution in [0, 0.1) is 0 Å². The summed E-state index contributed by atoms with van der Waals surface area (Å²) in [5.41, 5.74) is 10.6. The minimum absolute atomic E-state index is 0.0557. The number of likely N-dealkylation sites (tertiary alicyclic amines) is 1. The Hall–Kier alpha value is -3.06. The van der Waals surface area contributed by atoms with Crippen LogP contribution in [-0.4, -0.2) is 108 Å². The first kappa shape index (κ1) is 31.9. The molecule has 0 bridgehead atoms. The smallest absolute Gasteiger partial charge is 0.322 e. The fourth-order valence-electron chi connectivity index (χ4n) is 7.20. The van der Waals surface area contributed by atoms with Crippen LogP contribution in [0.3, 0.4) is 0 Å². The van der Waals surface area contributed by atoms with Gasteiger partial charge in [0, 0.05) is 68.7 Å². The second kappa shape index (κ2) is 14.1. The lowest BCUT2D eigenvalue weighted by Gasteiger charge is -2.42. The summed E-state index contributed by atoms with van der Waals surface area (Å²) in [5.74, 6) is -0.0641. The predicted octanol–water partition coefficient (Wildman–Crippen LogP) is 3.58. The summed E-state index contributed by atoms with van der Waals surface area (Å²) in [5, 5.41) is 14.0. The lowest BCUT2D eigenvalue weighted by Crippen LogP contribution is -2.59. The molecule has 0 unspecified atom stereocenters. The van der Waals surface area contributed by atoms with Gasteiger partial charge in [0.15, 0.2) is 0 Å². The highest BCUT2D eigenvalue weighted by atomic mass is 35.5. The third-order valence-corrected chi connectivity index (χ3v) is 11.0. The maximum atomic E-state index is 14.0. The Kier molecular flexibility index (Phi) is 10.0. The van der Waals surface area contributed by atoms with E-state index >= 15 is 0 Å². The summed E-state index contributed by atoms with van der Waals surface area (Å²) >= 11 is 8.07. The van der Waals surface area contributed by atoms with E-state index in [2.05, 4.69) is 26.2 Å². The van der Waals surface area contributed by atoms with Crippen LogP contribution < -0.4 is 21.7 Å². The van der Waals surface area contributed by atoms with Crippen LogP contribution in [0.2, 0.25) is 5.02 Å². The second-order valence-electron chi connectivity index (χ2n) is 12.6. The Balaban J connectivity index is 1.10. The van der Waals surface area contributed by atoms with E-state index in [9.17, 15) is 14.4 Å². The largest absolute Gasteiger partial charge is 0.397 e. The number of amides is 5. The topological polar surface area (TPSA) is 126 Å². The number of carbonyl (C=O) groups is 3. The minimum Gasteiger partial charge on any atom is -0.397 e. The highest BCUT2D eigenvalue weighted by molar-refractivity contribution is 7.08. The molecule has 244 valence electrons. The molecule has 0 radical (unpaired) electrons. The number of thiophene rings is 1. The number of rotatable bonds is 7. The average molecular weight is 657 g/mol. The zero-order valence-electron chi connectivity index (χ0n) is 26.0. The SMILES string of the molecule is CCc1cc(C[C@@H](NC(=O)N2CCC(N3Cc4cscc4NC3=O)CC2)C(=O)N2CCN(C3CCNCC3)CC2)cc(Cl)c1N. The van der Waals surface area contributed by atoms with Crippen molar-refractivity contribution in [1.82, 2.24) is 30.2 Å². The van der Waals surface area contributed by atoms with Gasteiger partial charge in [-0.3, -0.25) is 9.69 Å². The number of hydrogen-bond donors (Lipinski definition) is 4. The van der Waals surface area contributed by atoms with Crippen LogP contribution in [0.1, 0.15) is 49.3 Å². The van der Waals surface area contributed by atoms with Gasteiger partial charge in [0.05, 0.1) is 22.9 Å². The molecule has 2 aromatic rings. The van der Waals surface area contributed by atoms with Crippen LogP contribution >= 0.6 is 22.9 Å². The standard InChI is InChI=1S/C32H45ClN8O3S/c1-2-22-15-21(16-26(33)29(22)34)17-27(30(42)39-13-11-38(12-14-39)24-3-7-35-8-4-24)36-31(43)40-9-5-25(6-10-40)41-18-23-19-45-20-28(23)37-32(41)44/h15-16,19-20,24-25,27,35H,2-14,17-18,34H2,1H3,(H,36,43)(H,37,44)/t27-/m1/s1. The van der Waals surface area contributed by atoms with Crippen LogP contribution in [0.4, 0.5) is 21.0 Å². The lowest BCUT2D eigenvalue weighted by atomic mass is 9.99. The maximum absolute atomic E-state index is 14.0. The first-order valence-corrected chi connectivity index (χ1v) is 17.6. The van der Waals surface area contributed by atoms with Crippen molar-refractivity contribution in [2.45, 2.75) is 70.1 Å². The van der Waals surface area contributed by atoms with Crippen LogP contribution in [-0.2, 0) is 24.2 Å². The summed E-state index contributed by atoms with van der Waals surface area (Å²) < 4.78 is 0. The fraction of sp³-hybridized carbons (Fsp3) is 0.594. The Labute approximate surface area is 274 Å². The van der Waals surface area contributed by atoms with Crippen molar-refractivity contribution < 1.29 is 14.4 Å². The van der Waals surface area contributed by atoms with Gasteiger partial charge in [-0.15, -0.1) is 11.3 Å². The molecule has 4 aliphatic rings. The molecule has 4 aliphatic heterocycles. The van der Waals surface area contributed by atoms with E-state index in [-0.39, 0.29) is 24.0 Å². The van der Waals surface area contributed by atoms with E-state index in [1.54, 1.807) is 16.2 Å². The Bertz CT molecular complexity index is 1380. The molecular weight excluding hydrogens is 612 g/mol. The van der Waals surface area contributed by atoms with Crippen molar-refractivity contribution in [2.24, 2.45) is 0 Å². The molecule has 45 heavy (non-hydrogen) atoms. The van der Waals surface area contributed by atoms with Gasteiger partial charge in [-0.2, -0.15) is 0 Å². The monoisotopic (exact) mass is 656 g/mol. The number of urea groups is 2. The quantitative estimate of drug-likeness (QED) is 0.338. The first-order chi connectivity index (χ1) is 21.8. The fourth-order valence-corrected chi connectivity index (χ4v) is 8.24. The number of aryl methyl sites for hydroxylation is 1. The normalized spacial score (nSPS) is 20.9. The number of piperazine rings is 1. The molecule has 3 saturated heterocycles. The number of nitrogens with one attached hydrogen (secondary N) is 3. The molecule has 1 atom stereocenters. The molecule has 0 aliphatic carbocycles. The number of benzene rings is 1. The molecule has 3 fully saturated rings. The molecule has 6 rings (SSSR count). The molecule has 13 heteroatoms. The number of nitrogen functional groups attached to an aromatic ring is 1. The average Bonchev–Trinajstić information content (AvgIpc) is 3.53. The molecule has 1 aromatic heterocycles. The summed E-state index contributed by atoms with van der Waals surface area (Å²) in [6.45, 7) is 8.70. The summed E-state index contributed by atoms with van der Waals surface area (Å²) in [6, 6.07) is 3.37. The molecule has 11 nitrogen and oxygen atoms in total. The van der Waals surface area contributed by atoms with Crippen LogP contribution in [0.15, 0.2) is 22.9 Å². The summed E-state index contributed by atoms with van der Waals surface area (Å²) in [6.07, 6.45) is 4.70. The number of carbonyl (C=O) groups excluding carboxylic acids is 3. The molecular formula is C32H45ClN8O3S. The molecule has 5 amide bonds. The number of fused-ring (bicyclic) bond motifs is 1. The van der Waals surface area contributed by atoms with Crippen molar-refractivity contribution in [2.75, 3.05) is 63.4 Å². The maximum Gasteiger partial charge on any atom is 0.322 e. The van der Waals surface area contributed by atoms with Gasteiger partial charge in [-0.1, -0.05) is 24.6 Å².